The number of rotatable bonds is 5. The van der Waals surface area contributed by atoms with Crippen molar-refractivity contribution >= 4 is 5.91 Å². The number of aryl methyl sites for hydroxylation is 2. The van der Waals surface area contributed by atoms with Crippen LogP contribution >= 0.6 is 0 Å². The second-order valence-corrected chi connectivity index (χ2v) is 5.04. The lowest BCUT2D eigenvalue weighted by Gasteiger charge is -2.20. The summed E-state index contributed by atoms with van der Waals surface area (Å²) in [5.74, 6) is -0.155. The van der Waals surface area contributed by atoms with Crippen LogP contribution in [0.25, 0.3) is 0 Å². The molecule has 4 nitrogen and oxygen atoms in total. The number of hydrogen-bond acceptors (Lipinski definition) is 3. The molecule has 4 heteroatoms. The van der Waals surface area contributed by atoms with Crippen molar-refractivity contribution in [2.24, 2.45) is 0 Å². The van der Waals surface area contributed by atoms with Crippen molar-refractivity contribution in [2.45, 2.75) is 32.8 Å². The Morgan fingerprint density at radius 1 is 1.39 bits per heavy atom. The molecule has 0 saturated heterocycles. The van der Waals surface area contributed by atoms with Gasteiger partial charge in [0, 0.05) is 6.54 Å². The van der Waals surface area contributed by atoms with E-state index in [4.69, 9.17) is 5.11 Å². The highest BCUT2D eigenvalue weighted by molar-refractivity contribution is 5.79. The first-order valence-electron chi connectivity index (χ1n) is 6.00. The molecular weight excluding hydrogens is 230 g/mol. The van der Waals surface area contributed by atoms with Crippen LogP contribution in [0.4, 0.5) is 0 Å². The van der Waals surface area contributed by atoms with Gasteiger partial charge in [0.15, 0.2) is 0 Å². The molecule has 0 aliphatic carbocycles. The van der Waals surface area contributed by atoms with Gasteiger partial charge in [0.1, 0.15) is 5.60 Å². The molecule has 0 heterocycles. The van der Waals surface area contributed by atoms with E-state index in [1.165, 1.54) is 6.92 Å². The summed E-state index contributed by atoms with van der Waals surface area (Å²) in [5, 5.41) is 21.1. The molecule has 1 amide bonds. The smallest absolute Gasteiger partial charge is 0.224 e. The van der Waals surface area contributed by atoms with Gasteiger partial charge in [-0.2, -0.15) is 0 Å². The van der Waals surface area contributed by atoms with E-state index in [0.717, 1.165) is 16.7 Å². The third-order valence-electron chi connectivity index (χ3n) is 2.86. The van der Waals surface area contributed by atoms with Crippen LogP contribution in [0.2, 0.25) is 0 Å². The highest BCUT2D eigenvalue weighted by Crippen LogP contribution is 2.11. The summed E-state index contributed by atoms with van der Waals surface area (Å²) in [6, 6.07) is 5.98. The van der Waals surface area contributed by atoms with E-state index in [9.17, 15) is 9.90 Å². The van der Waals surface area contributed by atoms with E-state index < -0.39 is 5.60 Å². The van der Waals surface area contributed by atoms with E-state index in [2.05, 4.69) is 5.32 Å². The zero-order valence-electron chi connectivity index (χ0n) is 11.2. The van der Waals surface area contributed by atoms with E-state index in [-0.39, 0.29) is 25.5 Å². The molecule has 1 rings (SSSR count). The van der Waals surface area contributed by atoms with Gasteiger partial charge in [-0.25, -0.2) is 0 Å². The van der Waals surface area contributed by atoms with E-state index in [0.29, 0.717) is 0 Å². The number of aliphatic hydroxyl groups is 2. The monoisotopic (exact) mass is 251 g/mol. The lowest BCUT2D eigenvalue weighted by molar-refractivity contribution is -0.121. The molecule has 0 spiro atoms. The molecule has 3 N–H and O–H groups in total. The Morgan fingerprint density at radius 2 is 2.06 bits per heavy atom. The van der Waals surface area contributed by atoms with Gasteiger partial charge in [-0.15, -0.1) is 0 Å². The summed E-state index contributed by atoms with van der Waals surface area (Å²) in [7, 11) is 0. The summed E-state index contributed by atoms with van der Waals surface area (Å²) in [5.41, 5.74) is 1.91. The van der Waals surface area contributed by atoms with E-state index in [1.54, 1.807) is 0 Å². The number of carbonyl (C=O) groups is 1. The average molecular weight is 251 g/mol. The molecule has 1 aromatic carbocycles. The second-order valence-electron chi connectivity index (χ2n) is 5.04. The van der Waals surface area contributed by atoms with Gasteiger partial charge in [-0.05, 0) is 31.9 Å². The topological polar surface area (TPSA) is 69.6 Å². The minimum absolute atomic E-state index is 0.0488. The van der Waals surface area contributed by atoms with Crippen LogP contribution in [0.1, 0.15) is 23.6 Å². The van der Waals surface area contributed by atoms with Crippen LogP contribution in [-0.2, 0) is 11.2 Å². The largest absolute Gasteiger partial charge is 0.393 e. The second kappa shape index (κ2) is 5.98. The lowest BCUT2D eigenvalue weighted by atomic mass is 10.0. The molecule has 0 aliphatic rings. The molecule has 0 aromatic heterocycles. The van der Waals surface area contributed by atoms with E-state index in [1.807, 2.05) is 32.0 Å². The molecule has 0 radical (unpaired) electrons. The molecule has 100 valence electrons. The SMILES string of the molecule is Cc1ccc(C)c(CC(=O)NCC(C)(O)CO)c1. The minimum Gasteiger partial charge on any atom is -0.393 e. The molecule has 0 bridgehead atoms. The van der Waals surface area contributed by atoms with Crippen LogP contribution in [0.3, 0.4) is 0 Å². The molecule has 0 aliphatic heterocycles. The molecule has 1 unspecified atom stereocenters. The third kappa shape index (κ3) is 4.47. The molecule has 0 saturated carbocycles. The molecule has 18 heavy (non-hydrogen) atoms. The predicted octanol–water partition coefficient (Wildman–Crippen LogP) is 0.705. The standard InChI is InChI=1S/C14H21NO3/c1-10-4-5-11(2)12(6-10)7-13(17)15-8-14(3,18)9-16/h4-6,16,18H,7-9H2,1-3H3,(H,15,17). The Bertz CT molecular complexity index is 427. The zero-order valence-corrected chi connectivity index (χ0v) is 11.2. The summed E-state index contributed by atoms with van der Waals surface area (Å²) in [6.45, 7) is 5.10. The maximum Gasteiger partial charge on any atom is 0.224 e. The van der Waals surface area contributed by atoms with Crippen molar-refractivity contribution in [2.75, 3.05) is 13.2 Å². The fourth-order valence-corrected chi connectivity index (χ4v) is 1.57. The van der Waals surface area contributed by atoms with Crippen LogP contribution in [0.15, 0.2) is 18.2 Å². The highest BCUT2D eigenvalue weighted by atomic mass is 16.3. The average Bonchev–Trinajstić information content (AvgIpc) is 2.31. The van der Waals surface area contributed by atoms with Gasteiger partial charge in [0.2, 0.25) is 5.91 Å². The number of carbonyl (C=O) groups excluding carboxylic acids is 1. The van der Waals surface area contributed by atoms with Crippen molar-refractivity contribution in [1.82, 2.24) is 5.32 Å². The Balaban J connectivity index is 2.57. The summed E-state index contributed by atoms with van der Waals surface area (Å²) >= 11 is 0. The summed E-state index contributed by atoms with van der Waals surface area (Å²) in [4.78, 5) is 11.7. The van der Waals surface area contributed by atoms with Gasteiger partial charge >= 0.3 is 0 Å². The van der Waals surface area contributed by atoms with Crippen molar-refractivity contribution in [3.63, 3.8) is 0 Å². The van der Waals surface area contributed by atoms with Crippen molar-refractivity contribution < 1.29 is 15.0 Å². The highest BCUT2D eigenvalue weighted by Gasteiger charge is 2.19. The maximum atomic E-state index is 11.7. The number of benzene rings is 1. The first-order valence-corrected chi connectivity index (χ1v) is 6.00. The van der Waals surface area contributed by atoms with Gasteiger partial charge in [0.25, 0.3) is 0 Å². The molecule has 1 atom stereocenters. The number of nitrogens with one attached hydrogen (secondary N) is 1. The van der Waals surface area contributed by atoms with E-state index >= 15 is 0 Å². The Morgan fingerprint density at radius 3 is 2.67 bits per heavy atom. The third-order valence-corrected chi connectivity index (χ3v) is 2.86. The first-order chi connectivity index (χ1) is 8.34. The predicted molar refractivity (Wildman–Crippen MR) is 70.3 cm³/mol. The Labute approximate surface area is 108 Å². The number of aliphatic hydroxyl groups excluding tert-OH is 1. The Hall–Kier alpha value is -1.39. The molecular formula is C14H21NO3. The van der Waals surface area contributed by atoms with Crippen LogP contribution in [-0.4, -0.2) is 34.9 Å². The minimum atomic E-state index is -1.27. The number of hydrogen-bond donors (Lipinski definition) is 3. The van der Waals surface area contributed by atoms with Crippen LogP contribution < -0.4 is 5.32 Å². The normalized spacial score (nSPS) is 14.1. The number of amides is 1. The fraction of sp³-hybridized carbons (Fsp3) is 0.500. The van der Waals surface area contributed by atoms with Crippen molar-refractivity contribution in [3.05, 3.63) is 34.9 Å². The van der Waals surface area contributed by atoms with Gasteiger partial charge in [0.05, 0.1) is 13.0 Å². The maximum absolute atomic E-state index is 11.7. The van der Waals surface area contributed by atoms with Crippen molar-refractivity contribution in [3.8, 4) is 0 Å². The van der Waals surface area contributed by atoms with Crippen LogP contribution in [0, 0.1) is 13.8 Å². The quantitative estimate of drug-likeness (QED) is 0.721. The molecule has 1 aromatic rings. The zero-order chi connectivity index (χ0) is 13.8. The van der Waals surface area contributed by atoms with Crippen molar-refractivity contribution in [1.29, 1.82) is 0 Å². The first kappa shape index (κ1) is 14.7. The van der Waals surface area contributed by atoms with Crippen LogP contribution in [0.5, 0.6) is 0 Å². The van der Waals surface area contributed by atoms with Gasteiger partial charge in [-0.1, -0.05) is 23.8 Å². The fourth-order valence-electron chi connectivity index (χ4n) is 1.57. The lowest BCUT2D eigenvalue weighted by Crippen LogP contribution is -2.43. The van der Waals surface area contributed by atoms with Gasteiger partial charge in [-0.3, -0.25) is 4.79 Å². The summed E-state index contributed by atoms with van der Waals surface area (Å²) < 4.78 is 0. The molecule has 0 fully saturated rings. The summed E-state index contributed by atoms with van der Waals surface area (Å²) in [6.07, 6.45) is 0.287. The van der Waals surface area contributed by atoms with Gasteiger partial charge < -0.3 is 15.5 Å². The Kier molecular flexibility index (Phi) is 4.87.